The van der Waals surface area contributed by atoms with Gasteiger partial charge in [0.2, 0.25) is 5.09 Å². The third-order valence-electron chi connectivity index (χ3n) is 4.02. The van der Waals surface area contributed by atoms with Crippen LogP contribution in [0.5, 0.6) is 0 Å². The van der Waals surface area contributed by atoms with Gasteiger partial charge in [-0.3, -0.25) is 0 Å². The van der Waals surface area contributed by atoms with E-state index >= 15 is 0 Å². The van der Waals surface area contributed by atoms with Crippen LogP contribution in [0, 0.1) is 6.92 Å². The van der Waals surface area contributed by atoms with Gasteiger partial charge in [0.1, 0.15) is 5.76 Å². The van der Waals surface area contributed by atoms with Crippen LogP contribution in [0.15, 0.2) is 34.2 Å². The summed E-state index contributed by atoms with van der Waals surface area (Å²) in [4.78, 5) is 6.24. The van der Waals surface area contributed by atoms with Crippen LogP contribution in [0.25, 0.3) is 0 Å². The topological polar surface area (TPSA) is 80.4 Å². The van der Waals surface area contributed by atoms with Gasteiger partial charge in [0.25, 0.3) is 10.0 Å². The average Bonchev–Trinajstić information content (AvgIpc) is 3.11. The van der Waals surface area contributed by atoms with Crippen molar-refractivity contribution >= 4 is 10.0 Å². The molecule has 0 amide bonds. The van der Waals surface area contributed by atoms with E-state index in [1.165, 1.54) is 6.07 Å². The fourth-order valence-electron chi connectivity index (χ4n) is 2.96. The molecule has 1 fully saturated rings. The molecule has 22 heavy (non-hydrogen) atoms. The number of likely N-dealkylation sites (N-methyl/N-ethyl adjacent to an activating group) is 1. The van der Waals surface area contributed by atoms with Gasteiger partial charge in [-0.1, -0.05) is 0 Å². The van der Waals surface area contributed by atoms with Crippen LogP contribution in [-0.2, 0) is 17.1 Å². The van der Waals surface area contributed by atoms with Gasteiger partial charge in [-0.2, -0.15) is 0 Å². The summed E-state index contributed by atoms with van der Waals surface area (Å²) in [6.07, 6.45) is 3.53. The molecule has 2 atom stereocenters. The molecule has 0 saturated carbocycles. The van der Waals surface area contributed by atoms with Gasteiger partial charge < -0.3 is 13.9 Å². The van der Waals surface area contributed by atoms with E-state index in [-0.39, 0.29) is 17.1 Å². The summed E-state index contributed by atoms with van der Waals surface area (Å²) in [5, 5.41) is -0.0386. The van der Waals surface area contributed by atoms with Crippen LogP contribution in [0.3, 0.4) is 0 Å². The van der Waals surface area contributed by atoms with Crippen LogP contribution in [-0.4, -0.2) is 49.0 Å². The summed E-state index contributed by atoms with van der Waals surface area (Å²) in [6.45, 7) is 3.15. The van der Waals surface area contributed by atoms with Crippen molar-refractivity contribution in [1.82, 2.24) is 19.2 Å². The highest BCUT2D eigenvalue weighted by Gasteiger charge is 2.37. The van der Waals surface area contributed by atoms with Crippen molar-refractivity contribution in [2.24, 2.45) is 7.05 Å². The lowest BCUT2D eigenvalue weighted by molar-refractivity contribution is 0.400. The molecule has 0 spiro atoms. The molecule has 7 nitrogen and oxygen atoms in total. The number of imidazole rings is 1. The van der Waals surface area contributed by atoms with Gasteiger partial charge in [0.15, 0.2) is 0 Å². The maximum Gasteiger partial charge on any atom is 0.274 e. The number of furan rings is 1. The first kappa shape index (κ1) is 15.3. The number of hydrogen-bond acceptors (Lipinski definition) is 5. The number of aromatic nitrogens is 2. The average molecular weight is 324 g/mol. The van der Waals surface area contributed by atoms with E-state index in [1.807, 2.05) is 18.7 Å². The molecular formula is C14H20N4O3S. The molecule has 8 heteroatoms. The van der Waals surface area contributed by atoms with Crippen molar-refractivity contribution in [1.29, 1.82) is 0 Å². The summed E-state index contributed by atoms with van der Waals surface area (Å²) in [6, 6.07) is 2.92. The van der Waals surface area contributed by atoms with E-state index in [1.54, 1.807) is 25.5 Å². The van der Waals surface area contributed by atoms with E-state index in [4.69, 9.17) is 4.42 Å². The van der Waals surface area contributed by atoms with E-state index < -0.39 is 10.0 Å². The summed E-state index contributed by atoms with van der Waals surface area (Å²) in [5.41, 5.74) is 1.02. The molecule has 1 N–H and O–H groups in total. The van der Waals surface area contributed by atoms with Crippen LogP contribution in [0.4, 0.5) is 0 Å². The summed E-state index contributed by atoms with van der Waals surface area (Å²) in [5.74, 6) is 0.635. The third-order valence-corrected chi connectivity index (χ3v) is 5.39. The lowest BCUT2D eigenvalue weighted by atomic mass is 10.0. The molecule has 1 saturated heterocycles. The predicted molar refractivity (Wildman–Crippen MR) is 81.0 cm³/mol. The van der Waals surface area contributed by atoms with Crippen LogP contribution < -0.4 is 4.72 Å². The standard InChI is InChI=1S/C14H20N4O3S/c1-10-4-5-14(21-10)22(19,20)16-12-8-17(2)7-11(12)13-6-15-9-18(13)3/h4-6,9,11-12,16H,7-8H2,1-3H3/t11-,12-/m1/s1. The van der Waals surface area contributed by atoms with Crippen LogP contribution in [0.1, 0.15) is 17.4 Å². The summed E-state index contributed by atoms with van der Waals surface area (Å²) >= 11 is 0. The number of nitrogens with one attached hydrogen (secondary N) is 1. The van der Waals surface area contributed by atoms with Gasteiger partial charge in [-0.15, -0.1) is 0 Å². The van der Waals surface area contributed by atoms with Crippen molar-refractivity contribution in [3.8, 4) is 0 Å². The Balaban J connectivity index is 1.85. The third kappa shape index (κ3) is 2.81. The summed E-state index contributed by atoms with van der Waals surface area (Å²) < 4.78 is 34.9. The van der Waals surface area contributed by atoms with Gasteiger partial charge >= 0.3 is 0 Å². The van der Waals surface area contributed by atoms with E-state index in [2.05, 4.69) is 14.6 Å². The summed E-state index contributed by atoms with van der Waals surface area (Å²) in [7, 11) is 0.243. The minimum Gasteiger partial charge on any atom is -0.449 e. The fourth-order valence-corrected chi connectivity index (χ4v) is 4.20. The highest BCUT2D eigenvalue weighted by molar-refractivity contribution is 7.89. The maximum absolute atomic E-state index is 12.5. The Morgan fingerprint density at radius 3 is 2.68 bits per heavy atom. The smallest absolute Gasteiger partial charge is 0.274 e. The molecule has 1 aliphatic rings. The maximum atomic E-state index is 12.5. The quantitative estimate of drug-likeness (QED) is 0.895. The minimum atomic E-state index is -3.66. The van der Waals surface area contributed by atoms with Gasteiger partial charge in [0.05, 0.1) is 6.33 Å². The molecule has 1 aliphatic heterocycles. The Bertz CT molecular complexity index is 765. The Morgan fingerprint density at radius 1 is 1.32 bits per heavy atom. The molecule has 0 radical (unpaired) electrons. The van der Waals surface area contributed by atoms with Crippen LogP contribution in [0.2, 0.25) is 0 Å². The molecule has 2 aromatic rings. The highest BCUT2D eigenvalue weighted by atomic mass is 32.2. The molecule has 3 rings (SSSR count). The Kier molecular flexibility index (Phi) is 3.84. The molecular weight excluding hydrogens is 304 g/mol. The van der Waals surface area contributed by atoms with Gasteiger partial charge in [-0.05, 0) is 26.1 Å². The molecule has 0 aromatic carbocycles. The molecule has 0 unspecified atom stereocenters. The molecule has 2 aromatic heterocycles. The number of rotatable bonds is 4. The Hall–Kier alpha value is -1.64. The van der Waals surface area contributed by atoms with E-state index in [0.717, 1.165) is 12.2 Å². The second-order valence-corrected chi connectivity index (χ2v) is 7.49. The van der Waals surface area contributed by atoms with Crippen molar-refractivity contribution < 1.29 is 12.8 Å². The zero-order chi connectivity index (χ0) is 15.9. The largest absolute Gasteiger partial charge is 0.449 e. The van der Waals surface area contributed by atoms with Crippen molar-refractivity contribution in [2.45, 2.75) is 24.0 Å². The zero-order valence-electron chi connectivity index (χ0n) is 12.9. The predicted octanol–water partition coefficient (Wildman–Crippen LogP) is 0.698. The highest BCUT2D eigenvalue weighted by Crippen LogP contribution is 2.27. The molecule has 0 bridgehead atoms. The lowest BCUT2D eigenvalue weighted by Crippen LogP contribution is -2.39. The Labute approximate surface area is 130 Å². The SMILES string of the molecule is Cc1ccc(S(=O)(=O)N[C@@H]2CN(C)C[C@H]2c2cncn2C)o1. The number of likely N-dealkylation sites (tertiary alicyclic amines) is 1. The first-order valence-corrected chi connectivity index (χ1v) is 8.58. The van der Waals surface area contributed by atoms with E-state index in [0.29, 0.717) is 12.3 Å². The molecule has 0 aliphatic carbocycles. The second kappa shape index (κ2) is 5.53. The zero-order valence-corrected chi connectivity index (χ0v) is 13.7. The first-order valence-electron chi connectivity index (χ1n) is 7.10. The molecule has 120 valence electrons. The van der Waals surface area contributed by atoms with Gasteiger partial charge in [0, 0.05) is 44.0 Å². The lowest BCUT2D eigenvalue weighted by Gasteiger charge is -2.19. The number of sulfonamides is 1. The second-order valence-electron chi connectivity index (χ2n) is 5.85. The monoisotopic (exact) mass is 324 g/mol. The fraction of sp³-hybridized carbons (Fsp3) is 0.500. The normalized spacial score (nSPS) is 23.2. The molecule has 3 heterocycles. The van der Waals surface area contributed by atoms with Gasteiger partial charge in [-0.25, -0.2) is 18.1 Å². The Morgan fingerprint density at radius 2 is 2.09 bits per heavy atom. The van der Waals surface area contributed by atoms with Crippen molar-refractivity contribution in [3.63, 3.8) is 0 Å². The van der Waals surface area contributed by atoms with E-state index in [9.17, 15) is 8.42 Å². The minimum absolute atomic E-state index is 0.0386. The van der Waals surface area contributed by atoms with Crippen molar-refractivity contribution in [3.05, 3.63) is 36.1 Å². The van der Waals surface area contributed by atoms with Crippen LogP contribution >= 0.6 is 0 Å². The number of nitrogens with zero attached hydrogens (tertiary/aromatic N) is 3. The van der Waals surface area contributed by atoms with Crippen molar-refractivity contribution in [2.75, 3.05) is 20.1 Å². The first-order chi connectivity index (χ1) is 10.4. The number of aryl methyl sites for hydroxylation is 2. The number of hydrogen-bond donors (Lipinski definition) is 1.